The number of carbonyl (C=O) groups is 2. The maximum atomic E-state index is 13.9. The summed E-state index contributed by atoms with van der Waals surface area (Å²) in [5.74, 6) is 1.11. The van der Waals surface area contributed by atoms with Crippen LogP contribution in [0.1, 0.15) is 70.6 Å². The van der Waals surface area contributed by atoms with Crippen molar-refractivity contribution >= 4 is 44.9 Å². The van der Waals surface area contributed by atoms with Crippen LogP contribution < -0.4 is 10.5 Å². The molecule has 0 aliphatic heterocycles. The van der Waals surface area contributed by atoms with Crippen LogP contribution in [0.5, 0.6) is 0 Å². The third-order valence-corrected chi connectivity index (χ3v) is 11.7. The maximum absolute atomic E-state index is 13.9. The number of hydrogen-bond acceptors (Lipinski definition) is 4. The first-order chi connectivity index (χ1) is 16.1. The molecule has 5 aliphatic carbocycles. The monoisotopic (exact) mass is 526 g/mol. The lowest BCUT2D eigenvalue weighted by molar-refractivity contribution is -0.152. The normalized spacial score (nSPS) is 34.2. The Morgan fingerprint density at radius 2 is 1.68 bits per heavy atom. The number of hydrogen-bond donors (Lipinski definition) is 2. The smallest absolute Gasteiger partial charge is 0.243 e. The van der Waals surface area contributed by atoms with E-state index < -0.39 is 21.0 Å². The third-order valence-electron chi connectivity index (χ3n) is 9.19. The Labute approximate surface area is 211 Å². The molecule has 1 amide bonds. The second kappa shape index (κ2) is 8.75. The minimum atomic E-state index is -4.05. The molecule has 1 aromatic rings. The zero-order valence-electron chi connectivity index (χ0n) is 19.2. The van der Waals surface area contributed by atoms with Gasteiger partial charge in [-0.25, -0.2) is 8.42 Å². The molecule has 0 saturated heterocycles. The Morgan fingerprint density at radius 1 is 1.03 bits per heavy atom. The van der Waals surface area contributed by atoms with E-state index in [4.69, 9.17) is 28.9 Å². The lowest BCUT2D eigenvalue weighted by Gasteiger charge is -2.59. The van der Waals surface area contributed by atoms with E-state index >= 15 is 0 Å². The van der Waals surface area contributed by atoms with Crippen molar-refractivity contribution in [3.8, 4) is 0 Å². The number of halogens is 2. The van der Waals surface area contributed by atoms with E-state index in [1.165, 1.54) is 12.1 Å². The molecular formula is C25H32Cl2N2O4S. The molecule has 2 unspecified atom stereocenters. The van der Waals surface area contributed by atoms with Gasteiger partial charge in [-0.3, -0.25) is 9.59 Å². The summed E-state index contributed by atoms with van der Waals surface area (Å²) < 4.78 is 29.6. The summed E-state index contributed by atoms with van der Waals surface area (Å²) in [4.78, 5) is 26.1. The predicted molar refractivity (Wildman–Crippen MR) is 131 cm³/mol. The van der Waals surface area contributed by atoms with Crippen molar-refractivity contribution in [3.05, 3.63) is 28.2 Å². The predicted octanol–water partition coefficient (Wildman–Crippen LogP) is 4.86. The number of benzene rings is 1. The van der Waals surface area contributed by atoms with E-state index in [1.54, 1.807) is 6.07 Å². The average Bonchev–Trinajstić information content (AvgIpc) is 2.77. The third kappa shape index (κ3) is 4.10. The van der Waals surface area contributed by atoms with Gasteiger partial charge in [0.1, 0.15) is 4.90 Å². The zero-order valence-corrected chi connectivity index (χ0v) is 21.5. The second-order valence-corrected chi connectivity index (χ2v) is 13.6. The molecule has 5 aliphatic rings. The van der Waals surface area contributed by atoms with Crippen LogP contribution >= 0.6 is 23.2 Å². The molecule has 6 rings (SSSR count). The molecule has 4 bridgehead atoms. The van der Waals surface area contributed by atoms with E-state index in [0.717, 1.165) is 51.4 Å². The quantitative estimate of drug-likeness (QED) is 0.528. The number of rotatable bonds is 7. The van der Waals surface area contributed by atoms with Gasteiger partial charge in [0.15, 0.2) is 5.78 Å². The molecule has 0 radical (unpaired) electrons. The number of primary amides is 1. The van der Waals surface area contributed by atoms with Crippen molar-refractivity contribution < 1.29 is 18.0 Å². The Hall–Kier alpha value is -1.15. The number of Topliss-reactive ketones (excluding diaryl/α,β-unsaturated/α-hetero) is 1. The van der Waals surface area contributed by atoms with Gasteiger partial charge in [-0.2, -0.15) is 4.72 Å². The topological polar surface area (TPSA) is 106 Å². The first-order valence-electron chi connectivity index (χ1n) is 12.4. The van der Waals surface area contributed by atoms with E-state index in [0.29, 0.717) is 37.0 Å². The highest BCUT2D eigenvalue weighted by Crippen LogP contribution is 2.63. The molecule has 5 saturated carbocycles. The fourth-order valence-corrected chi connectivity index (χ4v) is 9.98. The van der Waals surface area contributed by atoms with Crippen molar-refractivity contribution in [2.24, 2.45) is 34.8 Å². The lowest BCUT2D eigenvalue weighted by atomic mass is 9.45. The van der Waals surface area contributed by atoms with Crippen LogP contribution in [0.15, 0.2) is 23.1 Å². The van der Waals surface area contributed by atoms with Crippen LogP contribution in [-0.2, 0) is 19.6 Å². The summed E-state index contributed by atoms with van der Waals surface area (Å²) in [6.45, 7) is 0. The Bertz CT molecular complexity index is 1100. The summed E-state index contributed by atoms with van der Waals surface area (Å²) in [7, 11) is -4.05. The summed E-state index contributed by atoms with van der Waals surface area (Å²) in [5.41, 5.74) is 4.30. The van der Waals surface area contributed by atoms with Gasteiger partial charge in [0.25, 0.3) is 0 Å². The Balaban J connectivity index is 1.40. The van der Waals surface area contributed by atoms with Gasteiger partial charge in [0.2, 0.25) is 15.9 Å². The van der Waals surface area contributed by atoms with Gasteiger partial charge in [-0.1, -0.05) is 48.5 Å². The fourth-order valence-electron chi connectivity index (χ4n) is 7.77. The number of nitrogens with two attached hydrogens (primary N) is 1. The highest BCUT2D eigenvalue weighted by atomic mass is 35.5. The molecule has 2 atom stereocenters. The zero-order chi connectivity index (χ0) is 24.3. The van der Waals surface area contributed by atoms with E-state index in [-0.39, 0.29) is 32.5 Å². The van der Waals surface area contributed by atoms with Gasteiger partial charge in [-0.15, -0.1) is 0 Å². The molecule has 6 nitrogen and oxygen atoms in total. The second-order valence-electron chi connectivity index (χ2n) is 11.2. The van der Waals surface area contributed by atoms with Gasteiger partial charge >= 0.3 is 0 Å². The number of carbonyl (C=O) groups excluding carboxylic acids is 2. The summed E-state index contributed by atoms with van der Waals surface area (Å²) in [6, 6.07) is 4.50. The summed E-state index contributed by atoms with van der Waals surface area (Å²) in [5, 5.41) is 0.124. The molecule has 0 spiro atoms. The minimum absolute atomic E-state index is 0.0282. The first-order valence-corrected chi connectivity index (χ1v) is 14.6. The average molecular weight is 528 g/mol. The molecule has 0 aromatic heterocycles. The summed E-state index contributed by atoms with van der Waals surface area (Å²) >= 11 is 12.3. The van der Waals surface area contributed by atoms with Crippen LogP contribution in [0.25, 0.3) is 0 Å². The molecule has 186 valence electrons. The van der Waals surface area contributed by atoms with Gasteiger partial charge < -0.3 is 5.73 Å². The van der Waals surface area contributed by atoms with Crippen LogP contribution in [0.4, 0.5) is 0 Å². The highest BCUT2D eigenvalue weighted by molar-refractivity contribution is 7.89. The Morgan fingerprint density at radius 3 is 2.29 bits per heavy atom. The molecule has 9 heteroatoms. The molecule has 0 heterocycles. The number of nitrogens with one attached hydrogen (secondary N) is 1. The van der Waals surface area contributed by atoms with Crippen molar-refractivity contribution in [1.29, 1.82) is 0 Å². The SMILES string of the molecule is NC(=O)C12CC3CC(C1)C(CC(=O)C1(NS(=O)(=O)c4cccc(Cl)c4Cl)CCCCC1)C(C3)C2. The Kier molecular flexibility index (Phi) is 6.32. The largest absolute Gasteiger partial charge is 0.369 e. The van der Waals surface area contributed by atoms with Gasteiger partial charge in [-0.05, 0) is 80.8 Å². The fraction of sp³-hybridized carbons (Fsp3) is 0.680. The van der Waals surface area contributed by atoms with Gasteiger partial charge in [0.05, 0.1) is 15.6 Å². The molecular weight excluding hydrogens is 495 g/mol. The van der Waals surface area contributed by atoms with Crippen LogP contribution in [0.3, 0.4) is 0 Å². The number of ketones is 1. The van der Waals surface area contributed by atoms with Crippen molar-refractivity contribution in [2.75, 3.05) is 0 Å². The first kappa shape index (κ1) is 24.5. The van der Waals surface area contributed by atoms with E-state index in [2.05, 4.69) is 4.72 Å². The lowest BCUT2D eigenvalue weighted by Crippen LogP contribution is -2.59. The van der Waals surface area contributed by atoms with Crippen LogP contribution in [0.2, 0.25) is 10.0 Å². The molecule has 3 N–H and O–H groups in total. The van der Waals surface area contributed by atoms with Crippen molar-refractivity contribution in [1.82, 2.24) is 4.72 Å². The summed E-state index contributed by atoms with van der Waals surface area (Å²) in [6.07, 6.45) is 8.39. The van der Waals surface area contributed by atoms with Gasteiger partial charge in [0, 0.05) is 11.8 Å². The van der Waals surface area contributed by atoms with Crippen LogP contribution in [-0.4, -0.2) is 25.6 Å². The van der Waals surface area contributed by atoms with E-state index in [1.807, 2.05) is 0 Å². The molecule has 34 heavy (non-hydrogen) atoms. The van der Waals surface area contributed by atoms with Crippen LogP contribution in [0, 0.1) is 29.1 Å². The standard InChI is InChI=1S/C25H32Cl2N2O4S/c26-19-5-4-6-20(22(19)27)34(32,33)29-25(7-2-1-3-8-25)21(30)11-18-16-9-15-10-17(18)14-24(12-15,13-16)23(28)31/h4-6,15-18,29H,1-3,7-14H2,(H2,28,31). The molecule has 5 fully saturated rings. The van der Waals surface area contributed by atoms with Crippen molar-refractivity contribution in [2.45, 2.75) is 81.1 Å². The molecule has 1 aromatic carbocycles. The van der Waals surface area contributed by atoms with Crippen molar-refractivity contribution in [3.63, 3.8) is 0 Å². The minimum Gasteiger partial charge on any atom is -0.369 e. The number of amides is 1. The highest BCUT2D eigenvalue weighted by Gasteiger charge is 2.58. The number of sulfonamides is 1. The maximum Gasteiger partial charge on any atom is 0.243 e. The van der Waals surface area contributed by atoms with E-state index in [9.17, 15) is 18.0 Å².